The predicted octanol–water partition coefficient (Wildman–Crippen LogP) is 4.54. The van der Waals surface area contributed by atoms with Gasteiger partial charge in [0.05, 0.1) is 14.2 Å². The summed E-state index contributed by atoms with van der Waals surface area (Å²) in [6.07, 6.45) is 3.34. The van der Waals surface area contributed by atoms with Crippen molar-refractivity contribution in [2.75, 3.05) is 47.4 Å². The zero-order chi connectivity index (χ0) is 23.8. The predicted molar refractivity (Wildman–Crippen MR) is 137 cm³/mol. The molecule has 5 nitrogen and oxygen atoms in total. The van der Waals surface area contributed by atoms with Gasteiger partial charge in [0.25, 0.3) is 0 Å². The van der Waals surface area contributed by atoms with Crippen LogP contribution in [-0.2, 0) is 12.0 Å². The molecule has 0 unspecified atom stereocenters. The topological polar surface area (TPSA) is 51.0 Å². The van der Waals surface area contributed by atoms with Gasteiger partial charge in [0.1, 0.15) is 0 Å². The summed E-state index contributed by atoms with van der Waals surface area (Å²) >= 11 is 0. The minimum Gasteiger partial charge on any atom is -0.493 e. The minimum atomic E-state index is 0.186. The van der Waals surface area contributed by atoms with Crippen molar-refractivity contribution in [1.29, 1.82) is 0 Å². The zero-order valence-corrected chi connectivity index (χ0v) is 21.2. The van der Waals surface area contributed by atoms with Gasteiger partial charge in [-0.15, -0.1) is 0 Å². The van der Waals surface area contributed by atoms with Gasteiger partial charge in [-0.25, -0.2) is 0 Å². The van der Waals surface area contributed by atoms with Gasteiger partial charge >= 0.3 is 0 Å². The van der Waals surface area contributed by atoms with Crippen LogP contribution in [0.1, 0.15) is 44.2 Å². The van der Waals surface area contributed by atoms with E-state index in [4.69, 9.17) is 15.2 Å². The van der Waals surface area contributed by atoms with Crippen LogP contribution in [0.25, 0.3) is 0 Å². The summed E-state index contributed by atoms with van der Waals surface area (Å²) in [5, 5.41) is 0. The molecule has 1 fully saturated rings. The summed E-state index contributed by atoms with van der Waals surface area (Å²) in [6, 6.07) is 18.0. The fourth-order valence-corrected chi connectivity index (χ4v) is 5.52. The van der Waals surface area contributed by atoms with Crippen LogP contribution >= 0.6 is 0 Å². The highest BCUT2D eigenvalue weighted by molar-refractivity contribution is 5.42. The maximum absolute atomic E-state index is 5.90. The Balaban J connectivity index is 1.82. The first-order chi connectivity index (χ1) is 15.9. The lowest BCUT2D eigenvalue weighted by Gasteiger charge is -2.50. The lowest BCUT2D eigenvalue weighted by Crippen LogP contribution is -2.52. The third kappa shape index (κ3) is 6.08. The van der Waals surface area contributed by atoms with Crippen LogP contribution in [0, 0.1) is 5.92 Å². The van der Waals surface area contributed by atoms with Gasteiger partial charge in [-0.05, 0) is 82.0 Å². The standard InChI is InChI=1S/C28H43N3O2/c1-22-20-30(3)23(2)19-28(22,25-10-7-6-8-11-25)14-17-31(16-9-15-29)21-24-12-13-26(32-4)27(18-24)33-5/h6-8,10-13,18,22-23H,9,14-17,19-21,29H2,1-5H3/t22-,23+,28+/m0/s1. The molecule has 1 saturated heterocycles. The molecule has 2 aromatic rings. The summed E-state index contributed by atoms with van der Waals surface area (Å²) in [4.78, 5) is 5.08. The fraction of sp³-hybridized carbons (Fsp3) is 0.571. The molecule has 0 aliphatic carbocycles. The van der Waals surface area contributed by atoms with Gasteiger partial charge in [-0.1, -0.05) is 43.3 Å². The lowest BCUT2D eigenvalue weighted by molar-refractivity contribution is 0.0600. The number of hydrogen-bond donors (Lipinski definition) is 1. The maximum Gasteiger partial charge on any atom is 0.161 e. The molecule has 0 spiro atoms. The number of benzene rings is 2. The molecule has 0 radical (unpaired) electrons. The summed E-state index contributed by atoms with van der Waals surface area (Å²) in [5.41, 5.74) is 8.81. The second kappa shape index (κ2) is 11.9. The average Bonchev–Trinajstić information content (AvgIpc) is 2.84. The van der Waals surface area contributed by atoms with Gasteiger partial charge in [-0.2, -0.15) is 0 Å². The van der Waals surface area contributed by atoms with Crippen LogP contribution < -0.4 is 15.2 Å². The molecule has 1 aliphatic heterocycles. The van der Waals surface area contributed by atoms with E-state index in [-0.39, 0.29) is 5.41 Å². The van der Waals surface area contributed by atoms with Crippen molar-refractivity contribution >= 4 is 0 Å². The van der Waals surface area contributed by atoms with Crippen LogP contribution in [0.2, 0.25) is 0 Å². The first-order valence-electron chi connectivity index (χ1n) is 12.3. The Morgan fingerprint density at radius 3 is 2.42 bits per heavy atom. The van der Waals surface area contributed by atoms with Crippen LogP contribution in [0.4, 0.5) is 0 Å². The maximum atomic E-state index is 5.90. The molecular formula is C28H43N3O2. The molecule has 3 rings (SSSR count). The zero-order valence-electron chi connectivity index (χ0n) is 21.2. The number of piperidine rings is 1. The van der Waals surface area contributed by atoms with E-state index < -0.39 is 0 Å². The van der Waals surface area contributed by atoms with E-state index in [1.165, 1.54) is 17.5 Å². The van der Waals surface area contributed by atoms with Gasteiger partial charge in [0.2, 0.25) is 0 Å². The smallest absolute Gasteiger partial charge is 0.161 e. The second-order valence-corrected chi connectivity index (χ2v) is 9.77. The molecule has 1 heterocycles. The molecule has 3 atom stereocenters. The molecule has 33 heavy (non-hydrogen) atoms. The third-order valence-corrected chi connectivity index (χ3v) is 7.67. The van der Waals surface area contributed by atoms with E-state index in [2.05, 4.69) is 73.2 Å². The van der Waals surface area contributed by atoms with Crippen LogP contribution in [0.3, 0.4) is 0 Å². The van der Waals surface area contributed by atoms with E-state index in [9.17, 15) is 0 Å². The number of likely N-dealkylation sites (tertiary alicyclic amines) is 1. The Bertz CT molecular complexity index is 859. The number of ether oxygens (including phenoxy) is 2. The highest BCUT2D eigenvalue weighted by Gasteiger charge is 2.43. The molecule has 1 aliphatic rings. The van der Waals surface area contributed by atoms with Crippen molar-refractivity contribution in [1.82, 2.24) is 9.80 Å². The molecule has 182 valence electrons. The van der Waals surface area contributed by atoms with E-state index in [1.54, 1.807) is 14.2 Å². The van der Waals surface area contributed by atoms with E-state index in [0.717, 1.165) is 50.5 Å². The van der Waals surface area contributed by atoms with E-state index in [1.807, 2.05) is 6.07 Å². The van der Waals surface area contributed by atoms with Crippen molar-refractivity contribution in [3.8, 4) is 11.5 Å². The average molecular weight is 454 g/mol. The molecule has 0 bridgehead atoms. The summed E-state index contributed by atoms with van der Waals surface area (Å²) in [5.74, 6) is 2.15. The monoisotopic (exact) mass is 453 g/mol. The van der Waals surface area contributed by atoms with Gasteiger partial charge in [0.15, 0.2) is 11.5 Å². The highest BCUT2D eigenvalue weighted by Crippen LogP contribution is 2.44. The summed E-state index contributed by atoms with van der Waals surface area (Å²) in [6.45, 7) is 9.59. The largest absolute Gasteiger partial charge is 0.493 e. The fourth-order valence-electron chi connectivity index (χ4n) is 5.52. The number of hydrogen-bond acceptors (Lipinski definition) is 5. The number of methoxy groups -OCH3 is 2. The first-order valence-corrected chi connectivity index (χ1v) is 12.3. The number of rotatable bonds is 11. The molecular weight excluding hydrogens is 410 g/mol. The Labute approximate surface area is 200 Å². The van der Waals surface area contributed by atoms with Gasteiger partial charge in [-0.3, -0.25) is 4.90 Å². The normalized spacial score (nSPS) is 23.6. The Morgan fingerprint density at radius 2 is 1.76 bits per heavy atom. The Morgan fingerprint density at radius 1 is 1.03 bits per heavy atom. The molecule has 5 heteroatoms. The van der Waals surface area contributed by atoms with E-state index >= 15 is 0 Å². The SMILES string of the molecule is COc1ccc(CN(CCCN)CC[C@@]2(c3ccccc3)C[C@@H](C)N(C)C[C@@H]2C)cc1OC. The third-order valence-electron chi connectivity index (χ3n) is 7.67. The van der Waals surface area contributed by atoms with Crippen molar-refractivity contribution in [2.24, 2.45) is 11.7 Å². The quantitative estimate of drug-likeness (QED) is 0.541. The molecule has 2 N–H and O–H groups in total. The lowest BCUT2D eigenvalue weighted by atomic mass is 9.63. The van der Waals surface area contributed by atoms with Crippen molar-refractivity contribution in [3.63, 3.8) is 0 Å². The van der Waals surface area contributed by atoms with Gasteiger partial charge in [0, 0.05) is 24.5 Å². The van der Waals surface area contributed by atoms with Crippen molar-refractivity contribution in [2.45, 2.75) is 51.1 Å². The van der Waals surface area contributed by atoms with Crippen molar-refractivity contribution < 1.29 is 9.47 Å². The van der Waals surface area contributed by atoms with Crippen LogP contribution in [0.15, 0.2) is 48.5 Å². The highest BCUT2D eigenvalue weighted by atomic mass is 16.5. The Kier molecular flexibility index (Phi) is 9.19. The summed E-state index contributed by atoms with van der Waals surface area (Å²) < 4.78 is 11.0. The minimum absolute atomic E-state index is 0.186. The first kappa shape index (κ1) is 25.5. The molecule has 0 aromatic heterocycles. The number of nitrogens with zero attached hydrogens (tertiary/aromatic N) is 2. The number of nitrogens with two attached hydrogens (primary N) is 1. The van der Waals surface area contributed by atoms with Crippen LogP contribution in [-0.4, -0.2) is 63.3 Å². The molecule has 0 amide bonds. The molecule has 0 saturated carbocycles. The van der Waals surface area contributed by atoms with E-state index in [0.29, 0.717) is 18.5 Å². The molecule has 2 aromatic carbocycles. The van der Waals surface area contributed by atoms with Gasteiger partial charge < -0.3 is 20.1 Å². The Hall–Kier alpha value is -2.08. The second-order valence-electron chi connectivity index (χ2n) is 9.77. The van der Waals surface area contributed by atoms with Crippen LogP contribution in [0.5, 0.6) is 11.5 Å². The summed E-state index contributed by atoms with van der Waals surface area (Å²) in [7, 11) is 5.64. The van der Waals surface area contributed by atoms with Crippen molar-refractivity contribution in [3.05, 3.63) is 59.7 Å².